The molecule has 0 aromatic heterocycles. The zero-order valence-corrected chi connectivity index (χ0v) is 15.0. The van der Waals surface area contributed by atoms with Crippen molar-refractivity contribution in [2.24, 2.45) is 5.92 Å². The first-order chi connectivity index (χ1) is 11.3. The standard InChI is InChI=1S/C18H20ClNO.C2H6/c1-21-13-14-11-20(12-14)18(15-6-3-2-4-7-15)16-8-5-9-17(19)10-16;1-2/h2-10,14,18H,11-13H2,1H3;1-2H3. The second-order valence-electron chi connectivity index (χ2n) is 5.64. The Balaban J connectivity index is 0.000000924. The van der Waals surface area contributed by atoms with Crippen LogP contribution in [0, 0.1) is 5.92 Å². The lowest BCUT2D eigenvalue weighted by Crippen LogP contribution is -2.50. The molecule has 2 aromatic carbocycles. The largest absolute Gasteiger partial charge is 0.384 e. The van der Waals surface area contributed by atoms with Crippen molar-refractivity contribution in [3.8, 4) is 0 Å². The molecule has 1 unspecified atom stereocenters. The van der Waals surface area contributed by atoms with Crippen LogP contribution in [0.2, 0.25) is 5.02 Å². The molecule has 1 atom stereocenters. The molecule has 23 heavy (non-hydrogen) atoms. The molecule has 3 heteroatoms. The average Bonchev–Trinajstić information content (AvgIpc) is 2.56. The van der Waals surface area contributed by atoms with Gasteiger partial charge < -0.3 is 4.74 Å². The highest BCUT2D eigenvalue weighted by Gasteiger charge is 2.33. The Morgan fingerprint density at radius 2 is 1.70 bits per heavy atom. The number of ether oxygens (including phenoxy) is 1. The maximum absolute atomic E-state index is 6.18. The van der Waals surface area contributed by atoms with Gasteiger partial charge in [-0.15, -0.1) is 0 Å². The monoisotopic (exact) mass is 331 g/mol. The number of benzene rings is 2. The maximum Gasteiger partial charge on any atom is 0.0602 e. The lowest BCUT2D eigenvalue weighted by molar-refractivity contribution is 0.0154. The van der Waals surface area contributed by atoms with Crippen LogP contribution in [0.25, 0.3) is 0 Å². The van der Waals surface area contributed by atoms with E-state index in [0.29, 0.717) is 5.92 Å². The molecule has 0 amide bonds. The van der Waals surface area contributed by atoms with Gasteiger partial charge in [0.2, 0.25) is 0 Å². The quantitative estimate of drug-likeness (QED) is 0.761. The molecular formula is C20H26ClNO. The first kappa shape index (κ1) is 18.0. The van der Waals surface area contributed by atoms with Crippen molar-refractivity contribution >= 4 is 11.6 Å². The van der Waals surface area contributed by atoms with Crippen molar-refractivity contribution in [3.05, 3.63) is 70.7 Å². The predicted molar refractivity (Wildman–Crippen MR) is 98.0 cm³/mol. The summed E-state index contributed by atoms with van der Waals surface area (Å²) in [4.78, 5) is 2.49. The molecule has 124 valence electrons. The fourth-order valence-corrected chi connectivity index (χ4v) is 3.29. The number of methoxy groups -OCH3 is 1. The SMILES string of the molecule is CC.COCC1CN(C(c2ccccc2)c2cccc(Cl)c2)C1. The van der Waals surface area contributed by atoms with E-state index < -0.39 is 0 Å². The van der Waals surface area contributed by atoms with Gasteiger partial charge in [0.1, 0.15) is 0 Å². The molecule has 3 rings (SSSR count). The fourth-order valence-electron chi connectivity index (χ4n) is 3.09. The van der Waals surface area contributed by atoms with Gasteiger partial charge in [-0.1, -0.05) is 67.9 Å². The van der Waals surface area contributed by atoms with Gasteiger partial charge in [0.05, 0.1) is 12.6 Å². The highest BCUT2D eigenvalue weighted by Crippen LogP contribution is 2.35. The van der Waals surface area contributed by atoms with E-state index in [9.17, 15) is 0 Å². The Bertz CT molecular complexity index is 581. The van der Waals surface area contributed by atoms with Gasteiger partial charge in [-0.3, -0.25) is 4.90 Å². The zero-order valence-electron chi connectivity index (χ0n) is 14.2. The zero-order chi connectivity index (χ0) is 16.7. The molecular weight excluding hydrogens is 306 g/mol. The van der Waals surface area contributed by atoms with E-state index in [0.717, 1.165) is 24.7 Å². The molecule has 1 fully saturated rings. The van der Waals surface area contributed by atoms with E-state index in [4.69, 9.17) is 16.3 Å². The molecule has 1 aliphatic rings. The second-order valence-corrected chi connectivity index (χ2v) is 6.08. The number of hydrogen-bond acceptors (Lipinski definition) is 2. The normalized spacial score (nSPS) is 16.2. The summed E-state index contributed by atoms with van der Waals surface area (Å²) in [6, 6.07) is 19.1. The summed E-state index contributed by atoms with van der Waals surface area (Å²) in [5, 5.41) is 0.794. The molecule has 1 heterocycles. The lowest BCUT2D eigenvalue weighted by Gasteiger charge is -2.44. The third kappa shape index (κ3) is 4.57. The van der Waals surface area contributed by atoms with Gasteiger partial charge >= 0.3 is 0 Å². The van der Waals surface area contributed by atoms with E-state index in [-0.39, 0.29) is 6.04 Å². The summed E-state index contributed by atoms with van der Waals surface area (Å²) in [7, 11) is 1.77. The first-order valence-corrected chi connectivity index (χ1v) is 8.69. The van der Waals surface area contributed by atoms with Crippen molar-refractivity contribution in [1.82, 2.24) is 4.90 Å². The van der Waals surface area contributed by atoms with Gasteiger partial charge in [0, 0.05) is 31.1 Å². The summed E-state index contributed by atoms with van der Waals surface area (Å²) < 4.78 is 5.26. The van der Waals surface area contributed by atoms with E-state index >= 15 is 0 Å². The van der Waals surface area contributed by atoms with Crippen LogP contribution in [0.4, 0.5) is 0 Å². The lowest BCUT2D eigenvalue weighted by atomic mass is 9.90. The van der Waals surface area contributed by atoms with Crippen LogP contribution < -0.4 is 0 Å². The van der Waals surface area contributed by atoms with Gasteiger partial charge in [-0.2, -0.15) is 0 Å². The van der Waals surface area contributed by atoms with Crippen molar-refractivity contribution in [2.75, 3.05) is 26.8 Å². The minimum absolute atomic E-state index is 0.276. The number of likely N-dealkylation sites (tertiary alicyclic amines) is 1. The van der Waals surface area contributed by atoms with E-state index in [1.165, 1.54) is 11.1 Å². The molecule has 2 aromatic rings. The second kappa shape index (κ2) is 9.07. The van der Waals surface area contributed by atoms with Crippen LogP contribution in [-0.2, 0) is 4.74 Å². The van der Waals surface area contributed by atoms with Crippen LogP contribution in [0.3, 0.4) is 0 Å². The number of hydrogen-bond donors (Lipinski definition) is 0. The Morgan fingerprint density at radius 3 is 2.30 bits per heavy atom. The number of nitrogens with zero attached hydrogens (tertiary/aromatic N) is 1. The third-order valence-electron chi connectivity index (χ3n) is 4.03. The van der Waals surface area contributed by atoms with Crippen LogP contribution in [0.1, 0.15) is 31.0 Å². The summed E-state index contributed by atoms with van der Waals surface area (Å²) in [6.45, 7) is 6.98. The molecule has 1 saturated heterocycles. The molecule has 0 spiro atoms. The van der Waals surface area contributed by atoms with Crippen molar-refractivity contribution in [1.29, 1.82) is 0 Å². The topological polar surface area (TPSA) is 12.5 Å². The summed E-state index contributed by atoms with van der Waals surface area (Å²) in [6.07, 6.45) is 0. The highest BCUT2D eigenvalue weighted by molar-refractivity contribution is 6.30. The van der Waals surface area contributed by atoms with Gasteiger partial charge in [0.25, 0.3) is 0 Å². The first-order valence-electron chi connectivity index (χ1n) is 8.31. The fraction of sp³-hybridized carbons (Fsp3) is 0.400. The Labute approximate surface area is 145 Å². The van der Waals surface area contributed by atoms with Gasteiger partial charge in [-0.05, 0) is 23.3 Å². The minimum Gasteiger partial charge on any atom is -0.384 e. The third-order valence-corrected chi connectivity index (χ3v) is 4.27. The Morgan fingerprint density at radius 1 is 1.04 bits per heavy atom. The Kier molecular flexibility index (Phi) is 7.10. The number of halogens is 1. The van der Waals surface area contributed by atoms with E-state index in [1.54, 1.807) is 7.11 Å². The van der Waals surface area contributed by atoms with Crippen molar-refractivity contribution in [2.45, 2.75) is 19.9 Å². The van der Waals surface area contributed by atoms with Crippen LogP contribution in [-0.4, -0.2) is 31.7 Å². The maximum atomic E-state index is 6.18. The van der Waals surface area contributed by atoms with Gasteiger partial charge in [0.15, 0.2) is 0 Å². The highest BCUT2D eigenvalue weighted by atomic mass is 35.5. The minimum atomic E-state index is 0.276. The van der Waals surface area contributed by atoms with Crippen LogP contribution in [0.5, 0.6) is 0 Å². The summed E-state index contributed by atoms with van der Waals surface area (Å²) >= 11 is 6.18. The summed E-state index contributed by atoms with van der Waals surface area (Å²) in [5.41, 5.74) is 2.57. The molecule has 0 saturated carbocycles. The number of rotatable bonds is 5. The molecule has 2 nitrogen and oxygen atoms in total. The van der Waals surface area contributed by atoms with Crippen molar-refractivity contribution in [3.63, 3.8) is 0 Å². The molecule has 0 aliphatic carbocycles. The Hall–Kier alpha value is -1.35. The molecule has 0 bridgehead atoms. The van der Waals surface area contributed by atoms with Crippen LogP contribution in [0.15, 0.2) is 54.6 Å². The van der Waals surface area contributed by atoms with Gasteiger partial charge in [-0.25, -0.2) is 0 Å². The average molecular weight is 332 g/mol. The van der Waals surface area contributed by atoms with Crippen molar-refractivity contribution < 1.29 is 4.74 Å². The molecule has 0 radical (unpaired) electrons. The predicted octanol–water partition coefficient (Wildman–Crippen LogP) is 5.03. The van der Waals surface area contributed by atoms with E-state index in [2.05, 4.69) is 47.4 Å². The van der Waals surface area contributed by atoms with E-state index in [1.807, 2.05) is 26.0 Å². The smallest absolute Gasteiger partial charge is 0.0602 e. The van der Waals surface area contributed by atoms with Crippen LogP contribution >= 0.6 is 11.6 Å². The molecule has 0 N–H and O–H groups in total. The summed E-state index contributed by atoms with van der Waals surface area (Å²) in [5.74, 6) is 0.639. The molecule has 1 aliphatic heterocycles.